The van der Waals surface area contributed by atoms with Crippen LogP contribution in [0.25, 0.3) is 10.9 Å². The molecule has 1 unspecified atom stereocenters. The van der Waals surface area contributed by atoms with E-state index < -0.39 is 5.60 Å². The van der Waals surface area contributed by atoms with Crippen molar-refractivity contribution in [3.63, 3.8) is 0 Å². The number of H-pyrrole nitrogens is 1. The molecule has 1 aromatic heterocycles. The van der Waals surface area contributed by atoms with Crippen LogP contribution < -0.4 is 0 Å². The molecule has 31 heavy (non-hydrogen) atoms. The highest BCUT2D eigenvalue weighted by Crippen LogP contribution is 2.48. The molecule has 0 spiro atoms. The summed E-state index contributed by atoms with van der Waals surface area (Å²) in [6, 6.07) is 19.7. The number of nitrogens with zero attached hydrogens (tertiary/aromatic N) is 1. The van der Waals surface area contributed by atoms with E-state index in [1.807, 2.05) is 65.6 Å². The van der Waals surface area contributed by atoms with Crippen LogP contribution in [0.4, 0.5) is 0 Å². The number of esters is 1. The summed E-state index contributed by atoms with van der Waals surface area (Å²) in [5, 5.41) is 1.01. The van der Waals surface area contributed by atoms with Crippen molar-refractivity contribution in [1.29, 1.82) is 0 Å². The van der Waals surface area contributed by atoms with Crippen molar-refractivity contribution >= 4 is 22.8 Å². The van der Waals surface area contributed by atoms with Crippen molar-refractivity contribution in [2.45, 2.75) is 32.3 Å². The minimum atomic E-state index is -0.804. The Balaban J connectivity index is 1.52. The Labute approximate surface area is 181 Å². The number of aromatic nitrogens is 1. The molecule has 1 N–H and O–H groups in total. The number of nitrogens with one attached hydrogen (secondary N) is 1. The summed E-state index contributed by atoms with van der Waals surface area (Å²) in [4.78, 5) is 31.3. The SMILES string of the molecule is CC(C)CC1(c2ccccc2)OC(=O)C2=C1CN(C(=O)c1cc3ccccc3[nH]1)CC2. The van der Waals surface area contributed by atoms with E-state index in [9.17, 15) is 9.59 Å². The maximum Gasteiger partial charge on any atom is 0.335 e. The summed E-state index contributed by atoms with van der Waals surface area (Å²) in [5.41, 5.74) is 3.37. The Kier molecular flexibility index (Phi) is 4.69. The van der Waals surface area contributed by atoms with Gasteiger partial charge in [-0.3, -0.25) is 4.79 Å². The van der Waals surface area contributed by atoms with Crippen LogP contribution in [0.5, 0.6) is 0 Å². The lowest BCUT2D eigenvalue weighted by Crippen LogP contribution is -2.42. The standard InChI is InChI=1S/C26H26N2O3/c1-17(2)15-26(19-9-4-3-5-10-19)21-16-28(13-12-20(21)25(30)31-26)24(29)23-14-18-8-6-7-11-22(18)27-23/h3-11,14,17,27H,12-13,15-16H2,1-2H3. The van der Waals surface area contributed by atoms with Crippen molar-refractivity contribution in [3.8, 4) is 0 Å². The monoisotopic (exact) mass is 414 g/mol. The summed E-state index contributed by atoms with van der Waals surface area (Å²) in [6.07, 6.45) is 1.21. The molecule has 5 heteroatoms. The fourth-order valence-corrected chi connectivity index (χ4v) is 4.97. The number of rotatable bonds is 4. The summed E-state index contributed by atoms with van der Waals surface area (Å²) < 4.78 is 6.12. The number of hydrogen-bond acceptors (Lipinski definition) is 3. The summed E-state index contributed by atoms with van der Waals surface area (Å²) in [6.45, 7) is 5.17. The first-order valence-corrected chi connectivity index (χ1v) is 10.9. The van der Waals surface area contributed by atoms with Gasteiger partial charge in [-0.2, -0.15) is 0 Å². The van der Waals surface area contributed by atoms with E-state index in [-0.39, 0.29) is 11.9 Å². The first kappa shape index (κ1) is 19.6. The second-order valence-corrected chi connectivity index (χ2v) is 8.88. The van der Waals surface area contributed by atoms with E-state index in [0.29, 0.717) is 37.5 Å². The fraction of sp³-hybridized carbons (Fsp3) is 0.308. The Bertz CT molecular complexity index is 1160. The highest BCUT2D eigenvalue weighted by atomic mass is 16.6. The van der Waals surface area contributed by atoms with Crippen LogP contribution in [0.3, 0.4) is 0 Å². The Morgan fingerprint density at radius 3 is 2.61 bits per heavy atom. The second-order valence-electron chi connectivity index (χ2n) is 8.88. The Hall–Kier alpha value is -3.34. The van der Waals surface area contributed by atoms with Gasteiger partial charge >= 0.3 is 5.97 Å². The lowest BCUT2D eigenvalue weighted by Gasteiger charge is -2.37. The molecule has 1 atom stereocenters. The maximum absolute atomic E-state index is 13.4. The fourth-order valence-electron chi connectivity index (χ4n) is 4.97. The van der Waals surface area contributed by atoms with E-state index in [4.69, 9.17) is 4.74 Å². The third-order valence-electron chi connectivity index (χ3n) is 6.33. The van der Waals surface area contributed by atoms with Gasteiger partial charge in [0.15, 0.2) is 5.60 Å². The molecule has 2 aliphatic rings. The zero-order valence-corrected chi connectivity index (χ0v) is 17.9. The summed E-state index contributed by atoms with van der Waals surface area (Å²) in [5.74, 6) is 0.0328. The van der Waals surface area contributed by atoms with Gasteiger partial charge in [0.1, 0.15) is 5.69 Å². The third-order valence-corrected chi connectivity index (χ3v) is 6.33. The molecule has 0 bridgehead atoms. The number of cyclic esters (lactones) is 1. The number of hydrogen-bond donors (Lipinski definition) is 1. The molecular weight excluding hydrogens is 388 g/mol. The molecule has 2 aliphatic heterocycles. The van der Waals surface area contributed by atoms with Crippen molar-refractivity contribution in [2.24, 2.45) is 5.92 Å². The van der Waals surface area contributed by atoms with E-state index in [1.54, 1.807) is 0 Å². The molecule has 1 amide bonds. The van der Waals surface area contributed by atoms with E-state index in [1.165, 1.54) is 0 Å². The summed E-state index contributed by atoms with van der Waals surface area (Å²) in [7, 11) is 0. The van der Waals surface area contributed by atoms with Crippen LogP contribution in [0.2, 0.25) is 0 Å². The van der Waals surface area contributed by atoms with Gasteiger partial charge in [0.2, 0.25) is 0 Å². The van der Waals surface area contributed by atoms with Gasteiger partial charge in [-0.15, -0.1) is 0 Å². The van der Waals surface area contributed by atoms with E-state index in [0.717, 1.165) is 27.6 Å². The lowest BCUT2D eigenvalue weighted by atomic mass is 9.77. The predicted molar refractivity (Wildman–Crippen MR) is 120 cm³/mol. The minimum Gasteiger partial charge on any atom is -0.446 e. The second kappa shape index (κ2) is 7.41. The molecule has 3 aromatic rings. The highest BCUT2D eigenvalue weighted by Gasteiger charge is 2.50. The largest absolute Gasteiger partial charge is 0.446 e. The zero-order valence-electron chi connectivity index (χ0n) is 17.9. The average Bonchev–Trinajstić information content (AvgIpc) is 3.33. The zero-order chi connectivity index (χ0) is 21.6. The topological polar surface area (TPSA) is 62.4 Å². The Morgan fingerprint density at radius 1 is 1.13 bits per heavy atom. The quantitative estimate of drug-likeness (QED) is 0.623. The molecule has 158 valence electrons. The maximum atomic E-state index is 13.4. The minimum absolute atomic E-state index is 0.0476. The smallest absolute Gasteiger partial charge is 0.335 e. The van der Waals surface area contributed by atoms with Crippen molar-refractivity contribution in [1.82, 2.24) is 9.88 Å². The molecule has 0 saturated heterocycles. The van der Waals surface area contributed by atoms with Crippen molar-refractivity contribution in [3.05, 3.63) is 83.1 Å². The number of carbonyl (C=O) groups excluding carboxylic acids is 2. The normalized spacial score (nSPS) is 21.0. The molecule has 0 saturated carbocycles. The van der Waals surface area contributed by atoms with Crippen LogP contribution in [-0.4, -0.2) is 34.8 Å². The number of amides is 1. The van der Waals surface area contributed by atoms with Crippen LogP contribution in [0.15, 0.2) is 71.8 Å². The lowest BCUT2D eigenvalue weighted by molar-refractivity contribution is -0.149. The van der Waals surface area contributed by atoms with Crippen LogP contribution in [0, 0.1) is 5.92 Å². The number of para-hydroxylation sites is 1. The predicted octanol–water partition coefficient (Wildman–Crippen LogP) is 4.81. The van der Waals surface area contributed by atoms with Gasteiger partial charge in [0.25, 0.3) is 5.91 Å². The van der Waals surface area contributed by atoms with Gasteiger partial charge in [-0.25, -0.2) is 4.79 Å². The molecular formula is C26H26N2O3. The van der Waals surface area contributed by atoms with E-state index in [2.05, 4.69) is 18.8 Å². The molecule has 2 aromatic carbocycles. The third kappa shape index (κ3) is 3.25. The molecule has 3 heterocycles. The van der Waals surface area contributed by atoms with Crippen molar-refractivity contribution in [2.75, 3.05) is 13.1 Å². The summed E-state index contributed by atoms with van der Waals surface area (Å²) >= 11 is 0. The van der Waals surface area contributed by atoms with Gasteiger partial charge in [-0.1, -0.05) is 62.4 Å². The average molecular weight is 415 g/mol. The number of benzene rings is 2. The van der Waals surface area contributed by atoms with E-state index >= 15 is 0 Å². The molecule has 0 radical (unpaired) electrons. The first-order chi connectivity index (χ1) is 15.0. The number of ether oxygens (including phenoxy) is 1. The highest BCUT2D eigenvalue weighted by molar-refractivity contribution is 5.99. The number of fused-ring (bicyclic) bond motifs is 1. The number of aromatic amines is 1. The van der Waals surface area contributed by atoms with Gasteiger partial charge in [-0.05, 0) is 36.5 Å². The van der Waals surface area contributed by atoms with Crippen LogP contribution >= 0.6 is 0 Å². The molecule has 5 rings (SSSR count). The Morgan fingerprint density at radius 2 is 1.87 bits per heavy atom. The van der Waals surface area contributed by atoms with Crippen molar-refractivity contribution < 1.29 is 14.3 Å². The van der Waals surface area contributed by atoms with Crippen LogP contribution in [0.1, 0.15) is 42.7 Å². The van der Waals surface area contributed by atoms with Gasteiger partial charge in [0.05, 0.1) is 0 Å². The molecule has 5 nitrogen and oxygen atoms in total. The van der Waals surface area contributed by atoms with Gasteiger partial charge in [0, 0.05) is 35.1 Å². The first-order valence-electron chi connectivity index (χ1n) is 10.9. The molecule has 0 fully saturated rings. The van der Waals surface area contributed by atoms with Gasteiger partial charge < -0.3 is 14.6 Å². The molecule has 0 aliphatic carbocycles. The number of carbonyl (C=O) groups is 2. The van der Waals surface area contributed by atoms with Crippen LogP contribution in [-0.2, 0) is 15.1 Å².